The molecule has 6 heteroatoms. The molecule has 2 fully saturated rings. The van der Waals surface area contributed by atoms with Crippen molar-refractivity contribution in [1.82, 2.24) is 9.80 Å². The third kappa shape index (κ3) is 3.80. The molecule has 2 amide bonds. The van der Waals surface area contributed by atoms with E-state index in [0.717, 1.165) is 31.5 Å². The average molecular weight is 323 g/mol. The molecule has 0 radical (unpaired) electrons. The molecule has 0 aromatic heterocycles. The highest BCUT2D eigenvalue weighted by Crippen LogP contribution is 2.33. The first-order chi connectivity index (χ1) is 10.9. The molecule has 1 N–H and O–H groups in total. The van der Waals surface area contributed by atoms with Crippen LogP contribution in [0.5, 0.6) is 0 Å². The Morgan fingerprint density at radius 3 is 2.70 bits per heavy atom. The summed E-state index contributed by atoms with van der Waals surface area (Å²) in [6.45, 7) is 3.81. The van der Waals surface area contributed by atoms with Gasteiger partial charge in [-0.25, -0.2) is 13.6 Å². The van der Waals surface area contributed by atoms with Crippen molar-refractivity contribution in [3.8, 4) is 0 Å². The van der Waals surface area contributed by atoms with E-state index in [1.165, 1.54) is 4.90 Å². The fourth-order valence-corrected chi connectivity index (χ4v) is 3.46. The third-order valence-electron chi connectivity index (χ3n) is 4.69. The third-order valence-corrected chi connectivity index (χ3v) is 4.69. The summed E-state index contributed by atoms with van der Waals surface area (Å²) in [6, 6.07) is 6.52. The van der Waals surface area contributed by atoms with Gasteiger partial charge in [-0.05, 0) is 44.5 Å². The van der Waals surface area contributed by atoms with Gasteiger partial charge in [0.05, 0.1) is 12.6 Å². The summed E-state index contributed by atoms with van der Waals surface area (Å²) in [5.74, 6) is -2.80. The van der Waals surface area contributed by atoms with Crippen molar-refractivity contribution in [2.75, 3.05) is 31.5 Å². The molecule has 0 saturated carbocycles. The minimum absolute atomic E-state index is 0.245. The topological polar surface area (TPSA) is 35.6 Å². The minimum Gasteiger partial charge on any atom is -0.314 e. The number of hydrogen-bond donors (Lipinski definition) is 1. The van der Waals surface area contributed by atoms with Crippen LogP contribution >= 0.6 is 0 Å². The van der Waals surface area contributed by atoms with E-state index in [1.54, 1.807) is 6.07 Å². The second-order valence-electron chi connectivity index (χ2n) is 6.59. The Morgan fingerprint density at radius 1 is 1.30 bits per heavy atom. The van der Waals surface area contributed by atoms with Gasteiger partial charge in [-0.3, -0.25) is 0 Å². The quantitative estimate of drug-likeness (QED) is 0.926. The molecule has 0 aliphatic carbocycles. The van der Waals surface area contributed by atoms with E-state index in [9.17, 15) is 13.6 Å². The maximum Gasteiger partial charge on any atom is 0.322 e. The number of para-hydroxylation sites is 1. The number of urea groups is 1. The summed E-state index contributed by atoms with van der Waals surface area (Å²) < 4.78 is 27.7. The molecule has 2 aliphatic rings. The number of nitrogens with one attached hydrogen (secondary N) is 1. The zero-order chi connectivity index (χ0) is 16.4. The largest absolute Gasteiger partial charge is 0.322 e. The lowest BCUT2D eigenvalue weighted by molar-refractivity contribution is 0.0148. The zero-order valence-corrected chi connectivity index (χ0v) is 13.4. The lowest BCUT2D eigenvalue weighted by atomic mass is 10.2. The molecule has 0 unspecified atom stereocenters. The van der Waals surface area contributed by atoms with Crippen LogP contribution in [0.4, 0.5) is 19.3 Å². The van der Waals surface area contributed by atoms with Crippen LogP contribution in [0.3, 0.4) is 0 Å². The van der Waals surface area contributed by atoms with Crippen molar-refractivity contribution in [3.05, 3.63) is 29.8 Å². The van der Waals surface area contributed by atoms with E-state index in [2.05, 4.69) is 10.2 Å². The molecular formula is C17H23F2N3O. The minimum atomic E-state index is -2.80. The van der Waals surface area contributed by atoms with Gasteiger partial charge in [0.1, 0.15) is 0 Å². The number of amides is 2. The molecule has 2 aliphatic heterocycles. The number of aryl methyl sites for hydroxylation is 1. The van der Waals surface area contributed by atoms with E-state index in [1.807, 2.05) is 25.1 Å². The second kappa shape index (κ2) is 6.43. The van der Waals surface area contributed by atoms with Crippen molar-refractivity contribution >= 4 is 11.7 Å². The van der Waals surface area contributed by atoms with Gasteiger partial charge in [-0.15, -0.1) is 0 Å². The molecule has 1 aromatic carbocycles. The van der Waals surface area contributed by atoms with Crippen molar-refractivity contribution in [2.45, 2.75) is 38.2 Å². The van der Waals surface area contributed by atoms with E-state index in [-0.39, 0.29) is 6.42 Å². The monoisotopic (exact) mass is 323 g/mol. The van der Waals surface area contributed by atoms with Crippen molar-refractivity contribution in [3.63, 3.8) is 0 Å². The summed E-state index contributed by atoms with van der Waals surface area (Å²) >= 11 is 0. The maximum absolute atomic E-state index is 13.9. The Hall–Kier alpha value is -1.69. The predicted molar refractivity (Wildman–Crippen MR) is 85.9 cm³/mol. The van der Waals surface area contributed by atoms with E-state index in [4.69, 9.17) is 0 Å². The fraction of sp³-hybridized carbons (Fsp3) is 0.588. The maximum atomic E-state index is 13.9. The standard InChI is InChI=1S/C17H23F2N3O/c1-13-6-2-3-7-15(13)20-16(23)22-12-17(18,19)10-14(22)11-21-8-4-5-9-21/h2-3,6-7,14H,4-5,8-12H2,1H3,(H,20,23)/t14-/m0/s1. The van der Waals surface area contributed by atoms with E-state index in [0.29, 0.717) is 12.2 Å². The normalized spacial score (nSPS) is 24.1. The van der Waals surface area contributed by atoms with Crippen LogP contribution in [0.25, 0.3) is 0 Å². The molecule has 3 rings (SSSR count). The Kier molecular flexibility index (Phi) is 4.53. The highest BCUT2D eigenvalue weighted by atomic mass is 19.3. The molecule has 23 heavy (non-hydrogen) atoms. The Labute approximate surface area is 135 Å². The molecule has 2 saturated heterocycles. The number of likely N-dealkylation sites (tertiary alicyclic amines) is 2. The van der Waals surface area contributed by atoms with Crippen molar-refractivity contribution < 1.29 is 13.6 Å². The number of nitrogens with zero attached hydrogens (tertiary/aromatic N) is 2. The van der Waals surface area contributed by atoms with Crippen LogP contribution < -0.4 is 5.32 Å². The van der Waals surface area contributed by atoms with Gasteiger partial charge >= 0.3 is 6.03 Å². The van der Waals surface area contributed by atoms with Gasteiger partial charge in [0.15, 0.2) is 0 Å². The summed E-state index contributed by atoms with van der Waals surface area (Å²) in [5.41, 5.74) is 1.59. The van der Waals surface area contributed by atoms with Crippen LogP contribution in [-0.2, 0) is 0 Å². The highest BCUT2D eigenvalue weighted by molar-refractivity contribution is 5.90. The van der Waals surface area contributed by atoms with Crippen LogP contribution in [0.15, 0.2) is 24.3 Å². The second-order valence-corrected chi connectivity index (χ2v) is 6.59. The lowest BCUT2D eigenvalue weighted by Gasteiger charge is -2.28. The number of benzene rings is 1. The van der Waals surface area contributed by atoms with Gasteiger partial charge in [-0.2, -0.15) is 0 Å². The number of carbonyl (C=O) groups excluding carboxylic acids is 1. The molecular weight excluding hydrogens is 300 g/mol. The summed E-state index contributed by atoms with van der Waals surface area (Å²) in [6.07, 6.45) is 1.97. The number of hydrogen-bond acceptors (Lipinski definition) is 2. The first-order valence-corrected chi connectivity index (χ1v) is 8.18. The Bertz CT molecular complexity index is 573. The van der Waals surface area contributed by atoms with Crippen molar-refractivity contribution in [1.29, 1.82) is 0 Å². The van der Waals surface area contributed by atoms with E-state index < -0.39 is 24.5 Å². The number of halogens is 2. The molecule has 126 valence electrons. The van der Waals surface area contributed by atoms with Crippen LogP contribution in [0.2, 0.25) is 0 Å². The van der Waals surface area contributed by atoms with Crippen LogP contribution in [-0.4, -0.2) is 54.0 Å². The number of rotatable bonds is 3. The average Bonchev–Trinajstić information content (AvgIpc) is 3.09. The zero-order valence-electron chi connectivity index (χ0n) is 13.4. The molecule has 0 bridgehead atoms. The van der Waals surface area contributed by atoms with Gasteiger partial charge in [0.2, 0.25) is 0 Å². The lowest BCUT2D eigenvalue weighted by Crippen LogP contribution is -2.44. The number of anilines is 1. The molecule has 1 aromatic rings. The first-order valence-electron chi connectivity index (χ1n) is 8.18. The summed E-state index contributed by atoms with van der Waals surface area (Å²) in [7, 11) is 0. The molecule has 4 nitrogen and oxygen atoms in total. The van der Waals surface area contributed by atoms with Gasteiger partial charge in [0.25, 0.3) is 5.92 Å². The fourth-order valence-electron chi connectivity index (χ4n) is 3.46. The van der Waals surface area contributed by atoms with Gasteiger partial charge in [-0.1, -0.05) is 18.2 Å². The Morgan fingerprint density at radius 2 is 2.00 bits per heavy atom. The Balaban J connectivity index is 1.69. The molecule has 0 spiro atoms. The van der Waals surface area contributed by atoms with Gasteiger partial charge in [0, 0.05) is 18.7 Å². The smallest absolute Gasteiger partial charge is 0.314 e. The van der Waals surface area contributed by atoms with Gasteiger partial charge < -0.3 is 15.1 Å². The first kappa shape index (κ1) is 16.2. The van der Waals surface area contributed by atoms with Crippen LogP contribution in [0.1, 0.15) is 24.8 Å². The molecule has 1 atom stereocenters. The van der Waals surface area contributed by atoms with Crippen LogP contribution in [0, 0.1) is 6.92 Å². The summed E-state index contributed by atoms with van der Waals surface area (Å²) in [5, 5.41) is 2.78. The predicted octanol–water partition coefficient (Wildman–Crippen LogP) is 3.33. The highest BCUT2D eigenvalue weighted by Gasteiger charge is 2.47. The van der Waals surface area contributed by atoms with Crippen molar-refractivity contribution in [2.24, 2.45) is 0 Å². The summed E-state index contributed by atoms with van der Waals surface area (Å²) in [4.78, 5) is 16.0. The number of alkyl halides is 2. The molecule has 2 heterocycles. The SMILES string of the molecule is Cc1ccccc1NC(=O)N1CC(F)(F)C[C@H]1CN1CCCC1. The van der Waals surface area contributed by atoms with E-state index >= 15 is 0 Å². The number of carbonyl (C=O) groups is 1.